The first kappa shape index (κ1) is 27.9. The van der Waals surface area contributed by atoms with E-state index in [9.17, 15) is 14.4 Å². The van der Waals surface area contributed by atoms with Gasteiger partial charge in [0.2, 0.25) is 0 Å². The molecule has 0 saturated carbocycles. The van der Waals surface area contributed by atoms with Crippen LogP contribution in [0.2, 0.25) is 15.1 Å². The van der Waals surface area contributed by atoms with Gasteiger partial charge in [-0.3, -0.25) is 0 Å². The van der Waals surface area contributed by atoms with Crippen LogP contribution in [0.3, 0.4) is 0 Å². The zero-order valence-electron chi connectivity index (χ0n) is 19.8. The molecule has 1 heterocycles. The third-order valence-corrected chi connectivity index (χ3v) is 6.36. The Morgan fingerprint density at radius 2 is 1.05 bits per heavy atom. The summed E-state index contributed by atoms with van der Waals surface area (Å²) >= 11 is 17.7. The quantitative estimate of drug-likeness (QED) is 0.250. The molecular weight excluding hydrogens is 559 g/mol. The first-order valence-corrected chi connectivity index (χ1v) is 12.4. The summed E-state index contributed by atoms with van der Waals surface area (Å²) in [7, 11) is 1.34. The van der Waals surface area contributed by atoms with Crippen molar-refractivity contribution in [3.8, 4) is 0 Å². The average Bonchev–Trinajstić information content (AvgIpc) is 3.24. The van der Waals surface area contributed by atoms with Crippen LogP contribution < -0.4 is 0 Å². The van der Waals surface area contributed by atoms with Gasteiger partial charge in [0.1, 0.15) is 12.7 Å². The fraction of sp³-hybridized carbons (Fsp3) is 0.222. The lowest BCUT2D eigenvalue weighted by molar-refractivity contribution is -0.155. The summed E-state index contributed by atoms with van der Waals surface area (Å²) < 4.78 is 28.0. The molecule has 4 atom stereocenters. The lowest BCUT2D eigenvalue weighted by atomic mass is 10.1. The number of esters is 3. The van der Waals surface area contributed by atoms with Gasteiger partial charge in [-0.2, -0.15) is 0 Å². The molecule has 0 unspecified atom stereocenters. The number of carbonyl (C=O) groups is 3. The highest BCUT2D eigenvalue weighted by atomic mass is 35.5. The molecule has 0 bridgehead atoms. The van der Waals surface area contributed by atoms with Crippen molar-refractivity contribution >= 4 is 52.7 Å². The van der Waals surface area contributed by atoms with Gasteiger partial charge in [0.25, 0.3) is 0 Å². The standard InChI is InChI=1S/C27H21Cl3O8/c1-34-27-23(38-26(33)17-6-12-20(30)13-7-17)22(37-25(32)16-4-10-19(29)11-5-16)21(36-27)14-35-24(31)15-2-8-18(28)9-3-15/h2-13,21-23,27H,14H2,1H3/t21-,22+,23+,27+/m0/s1. The van der Waals surface area contributed by atoms with Gasteiger partial charge in [0, 0.05) is 22.2 Å². The maximum absolute atomic E-state index is 12.9. The van der Waals surface area contributed by atoms with Crippen molar-refractivity contribution in [3.05, 3.63) is 105 Å². The van der Waals surface area contributed by atoms with Crippen molar-refractivity contribution < 1.29 is 38.1 Å². The Hall–Kier alpha value is -3.14. The van der Waals surface area contributed by atoms with E-state index in [1.165, 1.54) is 67.8 Å². The van der Waals surface area contributed by atoms with E-state index in [1.807, 2.05) is 0 Å². The molecule has 0 aromatic heterocycles. The highest BCUT2D eigenvalue weighted by molar-refractivity contribution is 6.31. The van der Waals surface area contributed by atoms with Gasteiger partial charge in [-0.15, -0.1) is 0 Å². The van der Waals surface area contributed by atoms with Crippen molar-refractivity contribution in [2.75, 3.05) is 13.7 Å². The second-order valence-corrected chi connectivity index (χ2v) is 9.45. The number of rotatable bonds is 8. The summed E-state index contributed by atoms with van der Waals surface area (Å²) in [6.45, 7) is -0.325. The number of benzene rings is 3. The maximum atomic E-state index is 12.9. The lowest BCUT2D eigenvalue weighted by Gasteiger charge is -2.24. The number of carbonyl (C=O) groups excluding carboxylic acids is 3. The van der Waals surface area contributed by atoms with Crippen LogP contribution in [-0.4, -0.2) is 56.2 Å². The molecule has 11 heteroatoms. The maximum Gasteiger partial charge on any atom is 0.338 e. The van der Waals surface area contributed by atoms with Crippen LogP contribution in [0, 0.1) is 0 Å². The molecule has 0 spiro atoms. The van der Waals surface area contributed by atoms with Crippen LogP contribution in [0.1, 0.15) is 31.1 Å². The van der Waals surface area contributed by atoms with E-state index in [-0.39, 0.29) is 23.3 Å². The number of hydrogen-bond donors (Lipinski definition) is 0. The van der Waals surface area contributed by atoms with Crippen LogP contribution in [0.15, 0.2) is 72.8 Å². The Morgan fingerprint density at radius 3 is 1.47 bits per heavy atom. The smallest absolute Gasteiger partial charge is 0.338 e. The van der Waals surface area contributed by atoms with Gasteiger partial charge in [0.15, 0.2) is 18.5 Å². The third kappa shape index (κ3) is 6.83. The van der Waals surface area contributed by atoms with Gasteiger partial charge in [-0.05, 0) is 72.8 Å². The van der Waals surface area contributed by atoms with Gasteiger partial charge < -0.3 is 23.7 Å². The zero-order valence-corrected chi connectivity index (χ0v) is 22.1. The van der Waals surface area contributed by atoms with Crippen molar-refractivity contribution in [1.29, 1.82) is 0 Å². The zero-order chi connectivity index (χ0) is 27.2. The minimum atomic E-state index is -1.18. The molecule has 3 aromatic rings. The van der Waals surface area contributed by atoms with Crippen molar-refractivity contribution in [3.63, 3.8) is 0 Å². The largest absolute Gasteiger partial charge is 0.459 e. The number of halogens is 3. The molecule has 0 aliphatic carbocycles. The summed E-state index contributed by atoms with van der Waals surface area (Å²) in [5.41, 5.74) is 0.677. The van der Waals surface area contributed by atoms with Crippen LogP contribution in [0.4, 0.5) is 0 Å². The van der Waals surface area contributed by atoms with Crippen molar-refractivity contribution in [2.45, 2.75) is 24.6 Å². The predicted octanol–water partition coefficient (Wildman–Crippen LogP) is 5.63. The number of methoxy groups -OCH3 is 1. The van der Waals surface area contributed by atoms with E-state index in [0.29, 0.717) is 15.1 Å². The molecule has 4 rings (SSSR count). The Labute approximate surface area is 233 Å². The summed E-state index contributed by atoms with van der Waals surface area (Å²) in [5, 5.41) is 1.34. The van der Waals surface area contributed by atoms with E-state index >= 15 is 0 Å². The molecule has 1 saturated heterocycles. The molecule has 1 fully saturated rings. The first-order chi connectivity index (χ1) is 18.2. The van der Waals surface area contributed by atoms with Crippen LogP contribution in [-0.2, 0) is 23.7 Å². The van der Waals surface area contributed by atoms with E-state index in [1.54, 1.807) is 12.1 Å². The predicted molar refractivity (Wildman–Crippen MR) is 139 cm³/mol. The number of hydrogen-bond acceptors (Lipinski definition) is 8. The van der Waals surface area contributed by atoms with Gasteiger partial charge in [-0.1, -0.05) is 34.8 Å². The summed E-state index contributed by atoms with van der Waals surface area (Å²) in [6, 6.07) is 18.2. The highest BCUT2D eigenvalue weighted by Gasteiger charge is 2.50. The Morgan fingerprint density at radius 1 is 0.658 bits per heavy atom. The van der Waals surface area contributed by atoms with E-state index in [0.717, 1.165) is 0 Å². The summed E-state index contributed by atoms with van der Waals surface area (Å²) in [4.78, 5) is 38.4. The first-order valence-electron chi connectivity index (χ1n) is 11.3. The van der Waals surface area contributed by atoms with Crippen LogP contribution >= 0.6 is 34.8 Å². The van der Waals surface area contributed by atoms with Gasteiger partial charge in [-0.25, -0.2) is 14.4 Å². The van der Waals surface area contributed by atoms with E-state index in [4.69, 9.17) is 58.5 Å². The molecule has 1 aliphatic heterocycles. The summed E-state index contributed by atoms with van der Waals surface area (Å²) in [6.07, 6.45) is -4.50. The normalized spacial score (nSPS) is 20.5. The SMILES string of the molecule is CO[C@@H]1O[C@@H](COC(=O)c2ccc(Cl)cc2)[C@@H](OC(=O)c2ccc(Cl)cc2)[C@H]1OC(=O)c1ccc(Cl)cc1. The fourth-order valence-corrected chi connectivity index (χ4v) is 4.04. The Bertz CT molecular complexity index is 1280. The van der Waals surface area contributed by atoms with E-state index in [2.05, 4.69) is 0 Å². The van der Waals surface area contributed by atoms with Gasteiger partial charge in [0.05, 0.1) is 16.7 Å². The highest BCUT2D eigenvalue weighted by Crippen LogP contribution is 2.30. The Balaban J connectivity index is 1.55. The molecule has 3 aromatic carbocycles. The molecule has 8 nitrogen and oxygen atoms in total. The van der Waals surface area contributed by atoms with Crippen molar-refractivity contribution in [2.24, 2.45) is 0 Å². The topological polar surface area (TPSA) is 97.4 Å². The second-order valence-electron chi connectivity index (χ2n) is 8.14. The van der Waals surface area contributed by atoms with Gasteiger partial charge >= 0.3 is 17.9 Å². The van der Waals surface area contributed by atoms with E-state index < -0.39 is 42.5 Å². The molecule has 38 heavy (non-hydrogen) atoms. The monoisotopic (exact) mass is 578 g/mol. The minimum Gasteiger partial charge on any atom is -0.459 e. The average molecular weight is 580 g/mol. The molecular formula is C27H21Cl3O8. The molecule has 0 radical (unpaired) electrons. The summed E-state index contributed by atoms with van der Waals surface area (Å²) in [5.74, 6) is -2.10. The molecule has 1 aliphatic rings. The second kappa shape index (κ2) is 12.6. The Kier molecular flexibility index (Phi) is 9.25. The van der Waals surface area contributed by atoms with Crippen molar-refractivity contribution in [1.82, 2.24) is 0 Å². The number of ether oxygens (including phenoxy) is 5. The fourth-order valence-electron chi connectivity index (χ4n) is 3.67. The lowest BCUT2D eigenvalue weighted by Crippen LogP contribution is -2.42. The van der Waals surface area contributed by atoms with Crippen LogP contribution in [0.25, 0.3) is 0 Å². The molecule has 0 N–H and O–H groups in total. The van der Waals surface area contributed by atoms with Crippen LogP contribution in [0.5, 0.6) is 0 Å². The third-order valence-electron chi connectivity index (χ3n) is 5.60. The molecule has 198 valence electrons. The minimum absolute atomic E-state index is 0.204. The molecule has 0 amide bonds.